The molecule has 0 spiro atoms. The number of sulfonamides is 1. The highest BCUT2D eigenvalue weighted by molar-refractivity contribution is 9.10. The van der Waals surface area contributed by atoms with E-state index < -0.39 is 34.4 Å². The van der Waals surface area contributed by atoms with Crippen LogP contribution in [-0.2, 0) is 26.2 Å². The second-order valence-electron chi connectivity index (χ2n) is 8.69. The van der Waals surface area contributed by atoms with Crippen LogP contribution in [0.25, 0.3) is 0 Å². The maximum absolute atomic E-state index is 13.9. The van der Waals surface area contributed by atoms with Gasteiger partial charge in [0.2, 0.25) is 11.8 Å². The van der Waals surface area contributed by atoms with Gasteiger partial charge in [0.1, 0.15) is 18.3 Å². The summed E-state index contributed by atoms with van der Waals surface area (Å²) in [6, 6.07) is 15.0. The van der Waals surface area contributed by atoms with Crippen molar-refractivity contribution >= 4 is 66.7 Å². The van der Waals surface area contributed by atoms with E-state index in [2.05, 4.69) is 21.2 Å². The normalized spacial score (nSPS) is 12.0. The summed E-state index contributed by atoms with van der Waals surface area (Å²) < 4.78 is 34.5. The number of halogens is 3. The molecule has 3 aromatic carbocycles. The molecule has 208 valence electrons. The lowest BCUT2D eigenvalue weighted by atomic mass is 10.1. The molecule has 0 radical (unpaired) electrons. The van der Waals surface area contributed by atoms with Crippen LogP contribution in [0.4, 0.5) is 5.69 Å². The summed E-state index contributed by atoms with van der Waals surface area (Å²) in [5.74, 6) is -0.566. The molecule has 1 atom stereocenters. The van der Waals surface area contributed by atoms with Crippen LogP contribution in [0.3, 0.4) is 0 Å². The minimum absolute atomic E-state index is 0.0424. The van der Waals surface area contributed by atoms with Gasteiger partial charge in [-0.15, -0.1) is 0 Å². The van der Waals surface area contributed by atoms with Gasteiger partial charge in [-0.3, -0.25) is 13.9 Å². The van der Waals surface area contributed by atoms with Gasteiger partial charge in [-0.1, -0.05) is 47.0 Å². The van der Waals surface area contributed by atoms with E-state index in [0.29, 0.717) is 25.8 Å². The highest BCUT2D eigenvalue weighted by Crippen LogP contribution is 2.31. The summed E-state index contributed by atoms with van der Waals surface area (Å²) in [5.41, 5.74) is 1.76. The first-order valence-electron chi connectivity index (χ1n) is 11.8. The van der Waals surface area contributed by atoms with E-state index in [-0.39, 0.29) is 17.1 Å². The Hall–Kier alpha value is -2.79. The Balaban J connectivity index is 2.07. The first-order valence-corrected chi connectivity index (χ1v) is 14.8. The quantitative estimate of drug-likeness (QED) is 0.314. The topological polar surface area (TPSA) is 96.0 Å². The molecule has 39 heavy (non-hydrogen) atoms. The Labute approximate surface area is 247 Å². The van der Waals surface area contributed by atoms with E-state index in [0.717, 1.165) is 9.87 Å². The lowest BCUT2D eigenvalue weighted by molar-refractivity contribution is -0.139. The maximum Gasteiger partial charge on any atom is 0.264 e. The third kappa shape index (κ3) is 7.25. The first kappa shape index (κ1) is 30.7. The molecule has 0 saturated heterocycles. The van der Waals surface area contributed by atoms with Crippen LogP contribution in [0, 0.1) is 6.92 Å². The van der Waals surface area contributed by atoms with Gasteiger partial charge in [0.15, 0.2) is 0 Å². The molecular weight excluding hydrogens is 629 g/mol. The highest BCUT2D eigenvalue weighted by atomic mass is 79.9. The summed E-state index contributed by atoms with van der Waals surface area (Å²) in [4.78, 5) is 27.7. The van der Waals surface area contributed by atoms with Crippen LogP contribution in [0.15, 0.2) is 70.0 Å². The van der Waals surface area contributed by atoms with E-state index in [1.807, 2.05) is 6.92 Å². The largest absolute Gasteiger partial charge is 0.496 e. The number of benzene rings is 3. The fourth-order valence-electron chi connectivity index (χ4n) is 3.80. The Bertz CT molecular complexity index is 1470. The summed E-state index contributed by atoms with van der Waals surface area (Å²) in [6.07, 6.45) is 0. The van der Waals surface area contributed by atoms with Crippen molar-refractivity contribution in [3.63, 3.8) is 0 Å². The van der Waals surface area contributed by atoms with Crippen LogP contribution in [0.1, 0.15) is 18.1 Å². The minimum Gasteiger partial charge on any atom is -0.496 e. The van der Waals surface area contributed by atoms with Crippen LogP contribution in [-0.4, -0.2) is 51.9 Å². The number of nitrogens with one attached hydrogen (secondary N) is 1. The number of hydrogen-bond donors (Lipinski definition) is 1. The van der Waals surface area contributed by atoms with Gasteiger partial charge in [0.05, 0.1) is 22.2 Å². The monoisotopic (exact) mass is 655 g/mol. The highest BCUT2D eigenvalue weighted by Gasteiger charge is 2.33. The molecule has 3 rings (SSSR count). The minimum atomic E-state index is -4.22. The molecule has 0 unspecified atom stereocenters. The molecule has 8 nitrogen and oxygen atoms in total. The number of carbonyl (C=O) groups excluding carboxylic acids is 2. The van der Waals surface area contributed by atoms with Gasteiger partial charge >= 0.3 is 0 Å². The van der Waals surface area contributed by atoms with Crippen molar-refractivity contribution in [2.24, 2.45) is 0 Å². The number of anilines is 1. The zero-order chi connectivity index (χ0) is 28.9. The average Bonchev–Trinajstić information content (AvgIpc) is 2.90. The number of carbonyl (C=O) groups is 2. The average molecular weight is 657 g/mol. The fourth-order valence-corrected chi connectivity index (χ4v) is 6.40. The molecular formula is C27H28BrCl2N3O5S. The van der Waals surface area contributed by atoms with Gasteiger partial charge in [-0.05, 0) is 77.8 Å². The summed E-state index contributed by atoms with van der Waals surface area (Å²) in [7, 11) is -1.29. The van der Waals surface area contributed by atoms with E-state index in [1.165, 1.54) is 43.3 Å². The number of rotatable bonds is 10. The van der Waals surface area contributed by atoms with Crippen molar-refractivity contribution in [1.29, 1.82) is 0 Å². The molecule has 0 saturated carbocycles. The lowest BCUT2D eigenvalue weighted by Crippen LogP contribution is -2.50. The predicted molar refractivity (Wildman–Crippen MR) is 157 cm³/mol. The van der Waals surface area contributed by atoms with Gasteiger partial charge in [-0.25, -0.2) is 8.42 Å². The van der Waals surface area contributed by atoms with Gasteiger partial charge in [0, 0.05) is 23.6 Å². The SMILES string of the molecule is CNC(=O)[C@@H](C)N(Cc1ccc(Cl)cc1Cl)C(=O)CN(c1ccc(C)cc1)S(=O)(=O)c1ccc(OC)c(Br)c1. The summed E-state index contributed by atoms with van der Waals surface area (Å²) >= 11 is 15.7. The third-order valence-corrected chi connectivity index (χ3v) is 9.06. The molecule has 3 aromatic rings. The van der Waals surface area contributed by atoms with Crippen molar-refractivity contribution < 1.29 is 22.7 Å². The molecule has 0 aliphatic heterocycles. The molecule has 0 aromatic heterocycles. The standard InChI is InChI=1S/C27H28BrCl2N3O5S/c1-17-5-9-21(10-6-17)33(39(36,37)22-11-12-25(38-4)23(28)14-22)16-26(34)32(18(2)27(35)31-3)15-19-7-8-20(29)13-24(19)30/h5-14,18H,15-16H2,1-4H3,(H,31,35)/t18-/m1/s1. The van der Waals surface area contributed by atoms with Crippen LogP contribution < -0.4 is 14.4 Å². The fraction of sp³-hybridized carbons (Fsp3) is 0.259. The molecule has 0 aliphatic rings. The summed E-state index contributed by atoms with van der Waals surface area (Å²) in [6.45, 7) is 2.82. The Morgan fingerprint density at radius 2 is 1.72 bits per heavy atom. The molecule has 2 amide bonds. The Morgan fingerprint density at radius 1 is 1.05 bits per heavy atom. The Kier molecular flexibility index (Phi) is 10.3. The lowest BCUT2D eigenvalue weighted by Gasteiger charge is -2.32. The van der Waals surface area contributed by atoms with Crippen LogP contribution >= 0.6 is 39.1 Å². The van der Waals surface area contributed by atoms with E-state index in [1.54, 1.807) is 43.3 Å². The van der Waals surface area contributed by atoms with Crippen molar-refractivity contribution in [3.8, 4) is 5.75 Å². The van der Waals surface area contributed by atoms with Crippen LogP contribution in [0.2, 0.25) is 10.0 Å². The maximum atomic E-state index is 13.9. The molecule has 12 heteroatoms. The first-order chi connectivity index (χ1) is 18.4. The number of likely N-dealkylation sites (N-methyl/N-ethyl adjacent to an activating group) is 1. The van der Waals surface area contributed by atoms with E-state index >= 15 is 0 Å². The molecule has 0 aliphatic carbocycles. The number of amides is 2. The zero-order valence-corrected chi connectivity index (χ0v) is 25.7. The van der Waals surface area contributed by atoms with Crippen molar-refractivity contribution in [2.45, 2.75) is 31.3 Å². The third-order valence-electron chi connectivity index (χ3n) is 6.08. The number of ether oxygens (including phenoxy) is 1. The van der Waals surface area contributed by atoms with Crippen LogP contribution in [0.5, 0.6) is 5.75 Å². The number of methoxy groups -OCH3 is 1. The van der Waals surface area contributed by atoms with Gasteiger partial charge in [0.25, 0.3) is 10.0 Å². The van der Waals surface area contributed by atoms with Gasteiger partial charge < -0.3 is 15.0 Å². The number of hydrogen-bond acceptors (Lipinski definition) is 5. The number of nitrogens with zero attached hydrogens (tertiary/aromatic N) is 2. The zero-order valence-electron chi connectivity index (χ0n) is 21.7. The van der Waals surface area contributed by atoms with Gasteiger partial charge in [-0.2, -0.15) is 0 Å². The molecule has 1 N–H and O–H groups in total. The molecule has 0 bridgehead atoms. The van der Waals surface area contributed by atoms with Crippen molar-refractivity contribution in [2.75, 3.05) is 25.0 Å². The Morgan fingerprint density at radius 3 is 2.28 bits per heavy atom. The molecule has 0 fully saturated rings. The van der Waals surface area contributed by atoms with Crippen molar-refractivity contribution in [3.05, 3.63) is 86.3 Å². The summed E-state index contributed by atoms with van der Waals surface area (Å²) in [5, 5.41) is 3.27. The smallest absolute Gasteiger partial charge is 0.264 e. The van der Waals surface area contributed by atoms with E-state index in [4.69, 9.17) is 27.9 Å². The van der Waals surface area contributed by atoms with E-state index in [9.17, 15) is 18.0 Å². The predicted octanol–water partition coefficient (Wildman–Crippen LogP) is 5.43. The second kappa shape index (κ2) is 13.0. The second-order valence-corrected chi connectivity index (χ2v) is 12.3. The molecule has 0 heterocycles. The van der Waals surface area contributed by atoms with Crippen molar-refractivity contribution in [1.82, 2.24) is 10.2 Å². The number of aryl methyl sites for hydroxylation is 1.